The van der Waals surface area contributed by atoms with Gasteiger partial charge < -0.3 is 10.5 Å². The molecule has 2 aromatic carbocycles. The fourth-order valence-electron chi connectivity index (χ4n) is 2.08. The average Bonchev–Trinajstić information content (AvgIpc) is 2.55. The van der Waals surface area contributed by atoms with E-state index in [0.717, 1.165) is 0 Å². The van der Waals surface area contributed by atoms with Crippen molar-refractivity contribution >= 4 is 39.7 Å². The summed E-state index contributed by atoms with van der Waals surface area (Å²) in [6.07, 6.45) is 1.42. The molecule has 1 aromatic heterocycles. The molecule has 3 aromatic rings. The summed E-state index contributed by atoms with van der Waals surface area (Å²) in [7, 11) is 1.54. The van der Waals surface area contributed by atoms with E-state index in [1.807, 2.05) is 0 Å². The van der Waals surface area contributed by atoms with Crippen molar-refractivity contribution in [2.24, 2.45) is 0 Å². The van der Waals surface area contributed by atoms with Crippen LogP contribution in [0.1, 0.15) is 0 Å². The summed E-state index contributed by atoms with van der Waals surface area (Å²) in [5.74, 6) is 0.579. The second-order valence-electron chi connectivity index (χ2n) is 4.71. The smallest absolute Gasteiger partial charge is 0.155 e. The molecule has 0 aliphatic heterocycles. The van der Waals surface area contributed by atoms with E-state index in [9.17, 15) is 4.39 Å². The van der Waals surface area contributed by atoms with E-state index in [4.69, 9.17) is 22.1 Å². The van der Waals surface area contributed by atoms with Crippen LogP contribution in [0.5, 0.6) is 5.75 Å². The van der Waals surface area contributed by atoms with E-state index in [1.54, 1.807) is 18.2 Å². The number of hydrogen-bond donors (Lipinski definition) is 3. The summed E-state index contributed by atoms with van der Waals surface area (Å²) >= 11 is 5.75. The summed E-state index contributed by atoms with van der Waals surface area (Å²) < 4.78 is 18.3. The molecule has 0 fully saturated rings. The van der Waals surface area contributed by atoms with E-state index in [-0.39, 0.29) is 5.02 Å². The van der Waals surface area contributed by atoms with Crippen LogP contribution in [-0.4, -0.2) is 17.1 Å². The number of fused-ring (bicyclic) bond motifs is 1. The van der Waals surface area contributed by atoms with Crippen molar-refractivity contribution in [3.8, 4) is 5.75 Å². The molecule has 4 N–H and O–H groups in total. The molecule has 23 heavy (non-hydrogen) atoms. The van der Waals surface area contributed by atoms with Gasteiger partial charge in [0, 0.05) is 11.5 Å². The lowest BCUT2D eigenvalue weighted by Gasteiger charge is -2.12. The number of hydrazine groups is 1. The Morgan fingerprint density at radius 3 is 2.74 bits per heavy atom. The van der Waals surface area contributed by atoms with Crippen LogP contribution in [0.3, 0.4) is 0 Å². The van der Waals surface area contributed by atoms with Crippen molar-refractivity contribution in [3.05, 3.63) is 47.5 Å². The molecular formula is C15H13ClFN5O. The van der Waals surface area contributed by atoms with Gasteiger partial charge in [0.05, 0.1) is 29.0 Å². The minimum absolute atomic E-state index is 0.0262. The summed E-state index contributed by atoms with van der Waals surface area (Å²) in [6.45, 7) is 0. The van der Waals surface area contributed by atoms with Gasteiger partial charge in [-0.05, 0) is 24.3 Å². The van der Waals surface area contributed by atoms with Gasteiger partial charge in [-0.15, -0.1) is 0 Å². The number of nitrogens with two attached hydrogens (primary N) is 1. The van der Waals surface area contributed by atoms with Crippen LogP contribution >= 0.6 is 11.6 Å². The highest BCUT2D eigenvalue weighted by atomic mass is 35.5. The zero-order valence-electron chi connectivity index (χ0n) is 12.1. The molecule has 3 rings (SSSR count). The van der Waals surface area contributed by atoms with Crippen molar-refractivity contribution in [1.29, 1.82) is 0 Å². The van der Waals surface area contributed by atoms with Crippen molar-refractivity contribution in [3.63, 3.8) is 0 Å². The second-order valence-corrected chi connectivity index (χ2v) is 5.12. The highest BCUT2D eigenvalue weighted by molar-refractivity contribution is 6.31. The molecule has 0 aliphatic carbocycles. The van der Waals surface area contributed by atoms with Gasteiger partial charge in [-0.3, -0.25) is 10.9 Å². The second kappa shape index (κ2) is 6.13. The minimum atomic E-state index is -0.482. The van der Waals surface area contributed by atoms with Crippen molar-refractivity contribution < 1.29 is 9.13 Å². The zero-order chi connectivity index (χ0) is 16.4. The third kappa shape index (κ3) is 3.04. The maximum Gasteiger partial charge on any atom is 0.155 e. The monoisotopic (exact) mass is 333 g/mol. The first kappa shape index (κ1) is 15.1. The SMILES string of the molecule is COc1cc2ncnc(NNc3ccc(F)c(Cl)c3)c2cc1N. The molecule has 0 unspecified atom stereocenters. The van der Waals surface area contributed by atoms with E-state index in [2.05, 4.69) is 20.8 Å². The molecule has 0 aliphatic rings. The normalized spacial score (nSPS) is 10.6. The predicted molar refractivity (Wildman–Crippen MR) is 89.2 cm³/mol. The van der Waals surface area contributed by atoms with E-state index in [1.165, 1.54) is 25.6 Å². The molecule has 1 heterocycles. The fraction of sp³-hybridized carbons (Fsp3) is 0.0667. The summed E-state index contributed by atoms with van der Waals surface area (Å²) in [5, 5.41) is 0.741. The number of ether oxygens (including phenoxy) is 1. The lowest BCUT2D eigenvalue weighted by Crippen LogP contribution is -2.11. The van der Waals surface area contributed by atoms with Crippen LogP contribution in [0.4, 0.5) is 21.6 Å². The molecule has 0 saturated heterocycles. The Morgan fingerprint density at radius 1 is 1.17 bits per heavy atom. The van der Waals surface area contributed by atoms with Gasteiger partial charge in [0.15, 0.2) is 5.82 Å². The fourth-order valence-corrected chi connectivity index (χ4v) is 2.26. The zero-order valence-corrected chi connectivity index (χ0v) is 12.9. The van der Waals surface area contributed by atoms with Crippen molar-refractivity contribution in [1.82, 2.24) is 9.97 Å². The third-order valence-electron chi connectivity index (χ3n) is 3.23. The topological polar surface area (TPSA) is 85.1 Å². The molecule has 6 nitrogen and oxygen atoms in total. The summed E-state index contributed by atoms with van der Waals surface area (Å²) in [4.78, 5) is 8.36. The highest BCUT2D eigenvalue weighted by Gasteiger charge is 2.08. The van der Waals surface area contributed by atoms with Gasteiger partial charge in [-0.1, -0.05) is 11.6 Å². The van der Waals surface area contributed by atoms with Gasteiger partial charge in [-0.25, -0.2) is 14.4 Å². The van der Waals surface area contributed by atoms with E-state index < -0.39 is 5.82 Å². The van der Waals surface area contributed by atoms with Crippen LogP contribution in [0.25, 0.3) is 10.9 Å². The van der Waals surface area contributed by atoms with Gasteiger partial charge in [-0.2, -0.15) is 0 Å². The molecular weight excluding hydrogens is 321 g/mol. The van der Waals surface area contributed by atoms with Gasteiger partial charge in [0.1, 0.15) is 17.9 Å². The standard InChI is InChI=1S/C15H13ClFN5O/c1-23-14-6-13-9(5-12(14)18)15(20-7-19-13)22-21-8-2-3-11(17)10(16)4-8/h2-7,21H,18H2,1H3,(H,19,20,22). The number of benzene rings is 2. The molecule has 118 valence electrons. The Kier molecular flexibility index (Phi) is 4.03. The number of anilines is 3. The van der Waals surface area contributed by atoms with Gasteiger partial charge >= 0.3 is 0 Å². The largest absolute Gasteiger partial charge is 0.495 e. The Morgan fingerprint density at radius 2 is 2.00 bits per heavy atom. The lowest BCUT2D eigenvalue weighted by molar-refractivity contribution is 0.417. The Balaban J connectivity index is 1.90. The highest BCUT2D eigenvalue weighted by Crippen LogP contribution is 2.30. The molecule has 8 heteroatoms. The maximum absolute atomic E-state index is 13.2. The van der Waals surface area contributed by atoms with Crippen LogP contribution in [0.15, 0.2) is 36.7 Å². The third-order valence-corrected chi connectivity index (χ3v) is 3.52. The number of nitrogen functional groups attached to an aromatic ring is 1. The molecule has 0 saturated carbocycles. The van der Waals surface area contributed by atoms with Crippen LogP contribution in [0.2, 0.25) is 5.02 Å². The van der Waals surface area contributed by atoms with E-state index in [0.29, 0.717) is 33.8 Å². The summed E-state index contributed by atoms with van der Waals surface area (Å²) in [6, 6.07) is 7.73. The number of rotatable bonds is 4. The Hall–Kier alpha value is -2.80. The number of aromatic nitrogens is 2. The quantitative estimate of drug-likeness (QED) is 0.501. The molecule has 0 bridgehead atoms. The number of nitrogens with one attached hydrogen (secondary N) is 2. The lowest BCUT2D eigenvalue weighted by atomic mass is 10.2. The van der Waals surface area contributed by atoms with Gasteiger partial charge in [0.2, 0.25) is 0 Å². The van der Waals surface area contributed by atoms with Crippen LogP contribution in [0, 0.1) is 5.82 Å². The molecule has 0 radical (unpaired) electrons. The number of nitrogens with zero attached hydrogens (tertiary/aromatic N) is 2. The first-order valence-electron chi connectivity index (χ1n) is 6.64. The molecule has 0 amide bonds. The summed E-state index contributed by atoms with van der Waals surface area (Å²) in [5.41, 5.74) is 13.5. The number of hydrogen-bond acceptors (Lipinski definition) is 6. The Bertz CT molecular complexity index is 874. The Labute approximate surface area is 136 Å². The average molecular weight is 334 g/mol. The minimum Gasteiger partial charge on any atom is -0.495 e. The van der Waals surface area contributed by atoms with Crippen LogP contribution in [-0.2, 0) is 0 Å². The van der Waals surface area contributed by atoms with E-state index >= 15 is 0 Å². The molecule has 0 atom stereocenters. The molecule has 0 spiro atoms. The predicted octanol–water partition coefficient (Wildman–Crippen LogP) is 3.45. The number of halogens is 2. The van der Waals surface area contributed by atoms with Crippen molar-refractivity contribution in [2.45, 2.75) is 0 Å². The first-order valence-corrected chi connectivity index (χ1v) is 7.01. The van der Waals surface area contributed by atoms with Crippen molar-refractivity contribution in [2.75, 3.05) is 23.7 Å². The van der Waals surface area contributed by atoms with Crippen LogP contribution < -0.4 is 21.3 Å². The van der Waals surface area contributed by atoms with Gasteiger partial charge in [0.25, 0.3) is 0 Å². The first-order chi connectivity index (χ1) is 11.1. The maximum atomic E-state index is 13.2. The number of methoxy groups -OCH3 is 1.